The van der Waals surface area contributed by atoms with Crippen molar-refractivity contribution in [3.63, 3.8) is 0 Å². The summed E-state index contributed by atoms with van der Waals surface area (Å²) in [6, 6.07) is 3.18. The van der Waals surface area contributed by atoms with Gasteiger partial charge < -0.3 is 14.2 Å². The number of hydrogen-bond donors (Lipinski definition) is 1. The van der Waals surface area contributed by atoms with Crippen LogP contribution in [0.4, 0.5) is 5.69 Å². The van der Waals surface area contributed by atoms with Crippen molar-refractivity contribution in [1.29, 1.82) is 0 Å². The molecule has 1 aromatic carbocycles. The lowest BCUT2D eigenvalue weighted by atomic mass is 10.2. The van der Waals surface area contributed by atoms with Gasteiger partial charge in [0.15, 0.2) is 0 Å². The first-order chi connectivity index (χ1) is 8.97. The number of sulfonamides is 1. The van der Waals surface area contributed by atoms with Crippen LogP contribution in [0.1, 0.15) is 13.3 Å². The molecule has 6 nitrogen and oxygen atoms in total. The first kappa shape index (κ1) is 15.4. The van der Waals surface area contributed by atoms with Crippen molar-refractivity contribution in [2.45, 2.75) is 13.3 Å². The monoisotopic (exact) mass is 289 g/mol. The smallest absolute Gasteiger partial charge is 0.232 e. The second kappa shape index (κ2) is 6.51. The van der Waals surface area contributed by atoms with Crippen LogP contribution in [0.2, 0.25) is 0 Å². The Bertz CT molecular complexity index is 502. The quantitative estimate of drug-likeness (QED) is 0.829. The van der Waals surface area contributed by atoms with E-state index in [4.69, 9.17) is 14.2 Å². The van der Waals surface area contributed by atoms with Crippen LogP contribution >= 0.6 is 0 Å². The molecule has 0 unspecified atom stereocenters. The van der Waals surface area contributed by atoms with Gasteiger partial charge in [-0.05, 0) is 6.42 Å². The third-order valence-corrected chi connectivity index (χ3v) is 3.91. The molecule has 0 saturated heterocycles. The zero-order chi connectivity index (χ0) is 14.5. The van der Waals surface area contributed by atoms with Crippen molar-refractivity contribution in [3.05, 3.63) is 12.1 Å². The van der Waals surface area contributed by atoms with Gasteiger partial charge in [0.05, 0.1) is 27.1 Å². The van der Waals surface area contributed by atoms with E-state index in [0.717, 1.165) is 0 Å². The van der Waals surface area contributed by atoms with Gasteiger partial charge in [0.25, 0.3) is 0 Å². The number of benzene rings is 1. The van der Waals surface area contributed by atoms with Crippen molar-refractivity contribution < 1.29 is 22.6 Å². The van der Waals surface area contributed by atoms with E-state index in [2.05, 4.69) is 4.72 Å². The number of nitrogens with one attached hydrogen (secondary N) is 1. The minimum atomic E-state index is -3.42. The summed E-state index contributed by atoms with van der Waals surface area (Å²) >= 11 is 0. The lowest BCUT2D eigenvalue weighted by molar-refractivity contribution is 0.378. The van der Waals surface area contributed by atoms with Gasteiger partial charge in [0.2, 0.25) is 10.0 Å². The largest absolute Gasteiger partial charge is 0.496 e. The molecule has 0 heterocycles. The predicted octanol–water partition coefficient (Wildman–Crippen LogP) is 1.86. The maximum absolute atomic E-state index is 11.8. The van der Waals surface area contributed by atoms with Crippen molar-refractivity contribution >= 4 is 15.7 Å². The van der Waals surface area contributed by atoms with Crippen LogP contribution in [0.5, 0.6) is 17.2 Å². The highest BCUT2D eigenvalue weighted by Gasteiger charge is 2.18. The molecular weight excluding hydrogens is 270 g/mol. The van der Waals surface area contributed by atoms with E-state index in [1.165, 1.54) is 21.3 Å². The summed E-state index contributed by atoms with van der Waals surface area (Å²) in [6.45, 7) is 1.79. The molecule has 1 aromatic rings. The molecule has 108 valence electrons. The van der Waals surface area contributed by atoms with Gasteiger partial charge in [-0.25, -0.2) is 8.42 Å². The van der Waals surface area contributed by atoms with Gasteiger partial charge in [0.1, 0.15) is 22.9 Å². The normalized spacial score (nSPS) is 10.9. The minimum absolute atomic E-state index is 0.0331. The van der Waals surface area contributed by atoms with Crippen LogP contribution in [0.25, 0.3) is 0 Å². The summed E-state index contributed by atoms with van der Waals surface area (Å²) in [5.74, 6) is 1.24. The summed E-state index contributed by atoms with van der Waals surface area (Å²) < 4.78 is 41.6. The third kappa shape index (κ3) is 3.92. The lowest BCUT2D eigenvalue weighted by Crippen LogP contribution is -2.17. The Balaban J connectivity index is 3.25. The van der Waals surface area contributed by atoms with Crippen molar-refractivity contribution in [2.24, 2.45) is 0 Å². The van der Waals surface area contributed by atoms with E-state index < -0.39 is 10.0 Å². The van der Waals surface area contributed by atoms with Gasteiger partial charge in [-0.1, -0.05) is 6.92 Å². The predicted molar refractivity (Wildman–Crippen MR) is 73.8 cm³/mol. The highest BCUT2D eigenvalue weighted by atomic mass is 32.2. The van der Waals surface area contributed by atoms with Crippen LogP contribution in [-0.2, 0) is 10.0 Å². The molecule has 0 aromatic heterocycles. The summed E-state index contributed by atoms with van der Waals surface area (Å²) in [6.07, 6.45) is 0.524. The minimum Gasteiger partial charge on any atom is -0.496 e. The fourth-order valence-corrected chi connectivity index (χ4v) is 2.73. The molecule has 0 aliphatic rings. The molecule has 0 amide bonds. The second-order valence-electron chi connectivity index (χ2n) is 3.83. The Morgan fingerprint density at radius 1 is 1.05 bits per heavy atom. The topological polar surface area (TPSA) is 73.9 Å². The van der Waals surface area contributed by atoms with Crippen molar-refractivity contribution in [2.75, 3.05) is 31.8 Å². The Morgan fingerprint density at radius 2 is 1.58 bits per heavy atom. The Hall–Kier alpha value is -1.63. The Morgan fingerprint density at radius 3 is 1.95 bits per heavy atom. The first-order valence-electron chi connectivity index (χ1n) is 5.78. The highest BCUT2D eigenvalue weighted by Crippen LogP contribution is 2.39. The van der Waals surface area contributed by atoms with Gasteiger partial charge >= 0.3 is 0 Å². The molecule has 0 saturated carbocycles. The first-order valence-corrected chi connectivity index (χ1v) is 7.43. The van der Waals surface area contributed by atoms with Gasteiger partial charge in [-0.15, -0.1) is 0 Å². The van der Waals surface area contributed by atoms with Gasteiger partial charge in [-0.3, -0.25) is 4.72 Å². The fraction of sp³-hybridized carbons (Fsp3) is 0.500. The molecule has 0 spiro atoms. The van der Waals surface area contributed by atoms with Crippen LogP contribution in [0, 0.1) is 0 Å². The standard InChI is InChI=1S/C12H19NO5S/c1-5-6-19(14,15)13-12-10(17-3)7-9(16-2)8-11(12)18-4/h7-8,13H,5-6H2,1-4H3. The molecule has 1 N–H and O–H groups in total. The molecule has 0 atom stereocenters. The Labute approximate surface area is 113 Å². The van der Waals surface area contributed by atoms with Gasteiger partial charge in [0, 0.05) is 12.1 Å². The van der Waals surface area contributed by atoms with E-state index in [9.17, 15) is 8.42 Å². The summed E-state index contributed by atoms with van der Waals surface area (Å²) in [5.41, 5.74) is 0.277. The maximum atomic E-state index is 11.8. The van der Waals surface area contributed by atoms with Crippen LogP contribution in [0.15, 0.2) is 12.1 Å². The number of methoxy groups -OCH3 is 3. The third-order valence-electron chi connectivity index (χ3n) is 2.45. The summed E-state index contributed by atoms with van der Waals surface area (Å²) in [4.78, 5) is 0. The maximum Gasteiger partial charge on any atom is 0.232 e. The molecule has 0 fully saturated rings. The molecule has 0 bridgehead atoms. The molecule has 1 rings (SSSR count). The highest BCUT2D eigenvalue weighted by molar-refractivity contribution is 7.92. The SMILES string of the molecule is CCCS(=O)(=O)Nc1c(OC)cc(OC)cc1OC. The molecule has 0 aliphatic carbocycles. The fourth-order valence-electron chi connectivity index (χ4n) is 1.58. The van der Waals surface area contributed by atoms with Crippen LogP contribution in [0.3, 0.4) is 0 Å². The van der Waals surface area contributed by atoms with Crippen molar-refractivity contribution in [1.82, 2.24) is 0 Å². The number of anilines is 1. The summed E-state index contributed by atoms with van der Waals surface area (Å²) in [7, 11) is 0.989. The average molecular weight is 289 g/mol. The average Bonchev–Trinajstić information content (AvgIpc) is 2.38. The molecule has 19 heavy (non-hydrogen) atoms. The second-order valence-corrected chi connectivity index (χ2v) is 5.67. The molecule has 0 aliphatic heterocycles. The van der Waals surface area contributed by atoms with Gasteiger partial charge in [-0.2, -0.15) is 0 Å². The van der Waals surface area contributed by atoms with Crippen LogP contribution in [-0.4, -0.2) is 35.5 Å². The molecular formula is C12H19NO5S. The number of rotatable bonds is 7. The molecule has 7 heteroatoms. The number of ether oxygens (including phenoxy) is 3. The van der Waals surface area contributed by atoms with E-state index in [1.807, 2.05) is 0 Å². The summed E-state index contributed by atoms with van der Waals surface area (Å²) in [5, 5.41) is 0. The van der Waals surface area contributed by atoms with Crippen LogP contribution < -0.4 is 18.9 Å². The van der Waals surface area contributed by atoms with E-state index in [1.54, 1.807) is 19.1 Å². The lowest BCUT2D eigenvalue weighted by Gasteiger charge is -2.16. The van der Waals surface area contributed by atoms with E-state index in [0.29, 0.717) is 23.7 Å². The van der Waals surface area contributed by atoms with E-state index >= 15 is 0 Å². The zero-order valence-electron chi connectivity index (χ0n) is 11.5. The molecule has 0 radical (unpaired) electrons. The zero-order valence-corrected chi connectivity index (χ0v) is 12.3. The van der Waals surface area contributed by atoms with E-state index in [-0.39, 0.29) is 11.4 Å². The Kier molecular flexibility index (Phi) is 5.29. The number of hydrogen-bond acceptors (Lipinski definition) is 5. The van der Waals surface area contributed by atoms with Crippen molar-refractivity contribution in [3.8, 4) is 17.2 Å².